The molecule has 0 spiro atoms. The van der Waals surface area contributed by atoms with Crippen molar-refractivity contribution in [1.29, 1.82) is 0 Å². The molecule has 112 valence electrons. The van der Waals surface area contributed by atoms with Gasteiger partial charge in [0.15, 0.2) is 5.82 Å². The Balaban J connectivity index is 2.13. The zero-order valence-electron chi connectivity index (χ0n) is 12.0. The number of rotatable bonds is 3. The molecule has 1 aromatic rings. The van der Waals surface area contributed by atoms with Crippen LogP contribution in [0.5, 0.6) is 0 Å². The van der Waals surface area contributed by atoms with Crippen LogP contribution in [-0.2, 0) is 0 Å². The molecule has 0 aromatic heterocycles. The minimum atomic E-state index is -0.504. The van der Waals surface area contributed by atoms with Gasteiger partial charge in [0.1, 0.15) is 5.02 Å². The zero-order valence-corrected chi connectivity index (χ0v) is 12.8. The molecule has 1 aromatic carbocycles. The molecule has 0 unspecified atom stereocenters. The molecule has 1 aliphatic heterocycles. The molecular formula is C14H22ClFN4. The lowest BCUT2D eigenvalue weighted by Gasteiger charge is -2.35. The van der Waals surface area contributed by atoms with E-state index < -0.39 is 5.82 Å². The van der Waals surface area contributed by atoms with Crippen LogP contribution in [0.1, 0.15) is 12.8 Å². The first-order valence-electron chi connectivity index (χ1n) is 6.82. The van der Waals surface area contributed by atoms with Gasteiger partial charge in [-0.25, -0.2) is 4.39 Å². The zero-order chi connectivity index (χ0) is 14.9. The van der Waals surface area contributed by atoms with Crippen LogP contribution < -0.4 is 16.4 Å². The number of hydrogen-bond donors (Lipinski definition) is 2. The molecular weight excluding hydrogens is 279 g/mol. The number of nitrogens with zero attached hydrogens (tertiary/aromatic N) is 2. The molecule has 1 aliphatic rings. The average Bonchev–Trinajstić information content (AvgIpc) is 2.37. The first kappa shape index (κ1) is 15.2. The molecule has 4 nitrogen and oxygen atoms in total. The number of halogens is 2. The van der Waals surface area contributed by atoms with E-state index in [4.69, 9.17) is 23.1 Å². The minimum absolute atomic E-state index is 0.0374. The maximum absolute atomic E-state index is 14.3. The fourth-order valence-electron chi connectivity index (χ4n) is 2.83. The van der Waals surface area contributed by atoms with Gasteiger partial charge in [-0.3, -0.25) is 0 Å². The van der Waals surface area contributed by atoms with Gasteiger partial charge in [0.25, 0.3) is 0 Å². The molecule has 0 amide bonds. The summed E-state index contributed by atoms with van der Waals surface area (Å²) in [4.78, 5) is 4.16. The second-order valence-electron chi connectivity index (χ2n) is 5.72. The highest BCUT2D eigenvalue weighted by Gasteiger charge is 2.25. The average molecular weight is 301 g/mol. The molecule has 0 atom stereocenters. The molecule has 1 saturated heterocycles. The predicted octanol–water partition coefficient (Wildman–Crippen LogP) is 2.42. The van der Waals surface area contributed by atoms with Crippen molar-refractivity contribution in [2.24, 2.45) is 5.92 Å². The quantitative estimate of drug-likeness (QED) is 0.842. The lowest BCUT2D eigenvalue weighted by molar-refractivity contribution is 0.284. The van der Waals surface area contributed by atoms with Crippen molar-refractivity contribution in [2.75, 3.05) is 50.1 Å². The van der Waals surface area contributed by atoms with E-state index >= 15 is 0 Å². The summed E-state index contributed by atoms with van der Waals surface area (Å²) in [6.45, 7) is 2.65. The molecule has 2 rings (SSSR count). The van der Waals surface area contributed by atoms with Crippen LogP contribution in [0.15, 0.2) is 6.07 Å². The van der Waals surface area contributed by atoms with E-state index in [1.165, 1.54) is 6.07 Å². The van der Waals surface area contributed by atoms with Crippen LogP contribution in [0, 0.1) is 11.7 Å². The van der Waals surface area contributed by atoms with Crippen LogP contribution in [0.25, 0.3) is 0 Å². The fraction of sp³-hybridized carbons (Fsp3) is 0.571. The third kappa shape index (κ3) is 3.10. The van der Waals surface area contributed by atoms with E-state index in [0.717, 1.165) is 32.5 Å². The van der Waals surface area contributed by atoms with Crippen LogP contribution in [0.2, 0.25) is 5.02 Å². The Morgan fingerprint density at radius 2 is 1.90 bits per heavy atom. The molecule has 6 heteroatoms. The van der Waals surface area contributed by atoms with Gasteiger partial charge in [-0.1, -0.05) is 11.6 Å². The summed E-state index contributed by atoms with van der Waals surface area (Å²) in [7, 11) is 4.15. The first-order valence-corrected chi connectivity index (χ1v) is 7.20. The van der Waals surface area contributed by atoms with Gasteiger partial charge < -0.3 is 21.3 Å². The van der Waals surface area contributed by atoms with Crippen molar-refractivity contribution in [3.8, 4) is 0 Å². The molecule has 0 aliphatic carbocycles. The summed E-state index contributed by atoms with van der Waals surface area (Å²) in [6.07, 6.45) is 2.05. The SMILES string of the molecule is CN(C)CC1CCN(c2c(N)cc(N)c(Cl)c2F)CC1. The minimum Gasteiger partial charge on any atom is -0.397 e. The molecule has 0 saturated carbocycles. The maximum Gasteiger partial charge on any atom is 0.169 e. The van der Waals surface area contributed by atoms with Gasteiger partial charge in [0.05, 0.1) is 17.1 Å². The Labute approximate surface area is 124 Å². The van der Waals surface area contributed by atoms with Crippen molar-refractivity contribution in [1.82, 2.24) is 4.90 Å². The smallest absolute Gasteiger partial charge is 0.169 e. The molecule has 4 N–H and O–H groups in total. The largest absolute Gasteiger partial charge is 0.397 e. The lowest BCUT2D eigenvalue weighted by atomic mass is 9.96. The summed E-state index contributed by atoms with van der Waals surface area (Å²) < 4.78 is 14.3. The van der Waals surface area contributed by atoms with E-state index in [2.05, 4.69) is 19.0 Å². The van der Waals surface area contributed by atoms with Gasteiger partial charge in [-0.15, -0.1) is 0 Å². The van der Waals surface area contributed by atoms with Crippen molar-refractivity contribution < 1.29 is 4.39 Å². The normalized spacial score (nSPS) is 16.9. The van der Waals surface area contributed by atoms with Crippen LogP contribution in [-0.4, -0.2) is 38.6 Å². The summed E-state index contributed by atoms with van der Waals surface area (Å²) in [5.74, 6) is 0.144. The van der Waals surface area contributed by atoms with Gasteiger partial charge in [0, 0.05) is 19.6 Å². The summed E-state index contributed by atoms with van der Waals surface area (Å²) >= 11 is 5.88. The lowest BCUT2D eigenvalue weighted by Crippen LogP contribution is -2.38. The Bertz CT molecular complexity index is 485. The Morgan fingerprint density at radius 3 is 2.45 bits per heavy atom. The number of piperidine rings is 1. The van der Waals surface area contributed by atoms with Crippen LogP contribution >= 0.6 is 11.6 Å². The van der Waals surface area contributed by atoms with Crippen molar-refractivity contribution in [3.63, 3.8) is 0 Å². The number of benzene rings is 1. The Morgan fingerprint density at radius 1 is 1.30 bits per heavy atom. The molecule has 1 heterocycles. The highest BCUT2D eigenvalue weighted by atomic mass is 35.5. The topological polar surface area (TPSA) is 58.5 Å². The van der Waals surface area contributed by atoms with Gasteiger partial charge >= 0.3 is 0 Å². The Kier molecular flexibility index (Phi) is 4.60. The monoisotopic (exact) mass is 300 g/mol. The van der Waals surface area contributed by atoms with E-state index in [9.17, 15) is 4.39 Å². The van der Waals surface area contributed by atoms with Crippen molar-refractivity contribution in [2.45, 2.75) is 12.8 Å². The van der Waals surface area contributed by atoms with E-state index in [1.54, 1.807) is 0 Å². The molecule has 0 bridgehead atoms. The highest BCUT2D eigenvalue weighted by molar-refractivity contribution is 6.33. The summed E-state index contributed by atoms with van der Waals surface area (Å²) in [5.41, 5.74) is 12.5. The third-order valence-corrected chi connectivity index (χ3v) is 4.18. The molecule has 20 heavy (non-hydrogen) atoms. The molecule has 0 radical (unpaired) electrons. The standard InChI is InChI=1S/C14H22ClFN4/c1-19(2)8-9-3-5-20(6-4-9)14-11(18)7-10(17)12(15)13(14)16/h7,9H,3-6,8,17-18H2,1-2H3. The van der Waals surface area contributed by atoms with Crippen molar-refractivity contribution in [3.05, 3.63) is 16.9 Å². The first-order chi connectivity index (χ1) is 9.40. The van der Waals surface area contributed by atoms with Gasteiger partial charge in [0.2, 0.25) is 0 Å². The van der Waals surface area contributed by atoms with Crippen LogP contribution in [0.4, 0.5) is 21.5 Å². The maximum atomic E-state index is 14.3. The molecule has 1 fully saturated rings. The number of hydrogen-bond acceptors (Lipinski definition) is 4. The summed E-state index contributed by atoms with van der Waals surface area (Å²) in [5, 5.41) is -0.0374. The van der Waals surface area contributed by atoms with Crippen molar-refractivity contribution >= 4 is 28.7 Å². The fourth-order valence-corrected chi connectivity index (χ4v) is 2.98. The third-order valence-electron chi connectivity index (χ3n) is 3.79. The number of nitrogens with two attached hydrogens (primary N) is 2. The van der Waals surface area contributed by atoms with E-state index in [-0.39, 0.29) is 10.7 Å². The number of anilines is 3. The summed E-state index contributed by atoms with van der Waals surface area (Å²) in [6, 6.07) is 1.53. The van der Waals surface area contributed by atoms with Crippen LogP contribution in [0.3, 0.4) is 0 Å². The van der Waals surface area contributed by atoms with E-state index in [1.807, 2.05) is 4.90 Å². The van der Waals surface area contributed by atoms with E-state index in [0.29, 0.717) is 17.3 Å². The Hall–Kier alpha value is -1.20. The van der Waals surface area contributed by atoms with Gasteiger partial charge in [-0.05, 0) is 38.9 Å². The predicted molar refractivity (Wildman–Crippen MR) is 83.7 cm³/mol. The highest BCUT2D eigenvalue weighted by Crippen LogP contribution is 2.37. The van der Waals surface area contributed by atoms with Gasteiger partial charge in [-0.2, -0.15) is 0 Å². The second kappa shape index (κ2) is 6.06. The number of nitrogen functional groups attached to an aromatic ring is 2. The second-order valence-corrected chi connectivity index (χ2v) is 6.10.